The molecular formula is C23H45IN2O2. The highest BCUT2D eigenvalue weighted by Crippen LogP contribution is 2.13. The van der Waals surface area contributed by atoms with Crippen molar-refractivity contribution in [1.29, 1.82) is 0 Å². The van der Waals surface area contributed by atoms with Crippen LogP contribution in [0.3, 0.4) is 0 Å². The first-order valence-corrected chi connectivity index (χ1v) is 12.7. The average Bonchev–Trinajstić information content (AvgIpc) is 2.63. The number of nitrogens with one attached hydrogen (secondary N) is 2. The molecule has 2 amide bonds. The Morgan fingerprint density at radius 2 is 1.04 bits per heavy atom. The fourth-order valence-electron chi connectivity index (χ4n) is 3.40. The lowest BCUT2D eigenvalue weighted by Gasteiger charge is -2.23. The summed E-state index contributed by atoms with van der Waals surface area (Å²) in [5, 5.41) is 5.58. The van der Waals surface area contributed by atoms with Crippen LogP contribution in [-0.4, -0.2) is 21.9 Å². The van der Waals surface area contributed by atoms with Gasteiger partial charge in [-0.15, -0.1) is 0 Å². The number of rotatable bonds is 19. The summed E-state index contributed by atoms with van der Waals surface area (Å²) in [4.78, 5) is 23.1. The Hall–Kier alpha value is -0.330. The summed E-state index contributed by atoms with van der Waals surface area (Å²) < 4.78 is -0.208. The zero-order chi connectivity index (χ0) is 21.1. The minimum absolute atomic E-state index is 0.113. The first-order valence-electron chi connectivity index (χ1n) is 11.7. The van der Waals surface area contributed by atoms with Crippen LogP contribution in [0.15, 0.2) is 0 Å². The molecule has 0 fully saturated rings. The lowest BCUT2D eigenvalue weighted by molar-refractivity contribution is -0.125. The zero-order valence-electron chi connectivity index (χ0n) is 18.7. The van der Waals surface area contributed by atoms with Gasteiger partial charge >= 0.3 is 0 Å². The smallest absolute Gasteiger partial charge is 0.281 e. The van der Waals surface area contributed by atoms with Gasteiger partial charge in [0.15, 0.2) is 0 Å². The lowest BCUT2D eigenvalue weighted by Crippen LogP contribution is -2.53. The first kappa shape index (κ1) is 27.7. The normalized spacial score (nSPS) is 11.4. The Bertz CT molecular complexity index is 400. The number of amides is 2. The summed E-state index contributed by atoms with van der Waals surface area (Å²) in [5.74, 6) is -0.113. The minimum atomic E-state index is -0.840. The van der Waals surface area contributed by atoms with Gasteiger partial charge in [0.25, 0.3) is 3.91 Å². The number of carbonyl (C=O) groups is 2. The van der Waals surface area contributed by atoms with Gasteiger partial charge in [-0.1, -0.05) is 103 Å². The molecule has 0 spiro atoms. The van der Waals surface area contributed by atoms with Gasteiger partial charge in [0, 0.05) is 29.1 Å². The molecule has 0 aliphatic heterocycles. The fourth-order valence-corrected chi connectivity index (χ4v) is 4.07. The Morgan fingerprint density at radius 1 is 0.679 bits per heavy atom. The summed E-state index contributed by atoms with van der Waals surface area (Å²) in [6, 6.07) is 0. The van der Waals surface area contributed by atoms with Crippen LogP contribution in [-0.2, 0) is 4.79 Å². The van der Waals surface area contributed by atoms with Crippen molar-refractivity contribution in [3.05, 3.63) is 0 Å². The van der Waals surface area contributed by atoms with Crippen molar-refractivity contribution in [3.63, 3.8) is 0 Å². The Kier molecular flexibility index (Phi) is 18.5. The molecule has 0 heterocycles. The van der Waals surface area contributed by atoms with Gasteiger partial charge in [0.05, 0.1) is 0 Å². The number of carbonyl (C=O) groups excluding carboxylic acids is 2. The van der Waals surface area contributed by atoms with E-state index in [2.05, 4.69) is 17.6 Å². The highest BCUT2D eigenvalue weighted by molar-refractivity contribution is 14.1. The third-order valence-corrected chi connectivity index (χ3v) is 5.56. The van der Waals surface area contributed by atoms with E-state index >= 15 is 0 Å². The maximum Gasteiger partial charge on any atom is 0.281 e. The predicted octanol–water partition coefficient (Wildman–Crippen LogP) is 7.29. The Labute approximate surface area is 187 Å². The van der Waals surface area contributed by atoms with Crippen molar-refractivity contribution in [1.82, 2.24) is 10.6 Å². The summed E-state index contributed by atoms with van der Waals surface area (Å²) in [6.45, 7) is 6.43. The lowest BCUT2D eigenvalue weighted by atomic mass is 10.0. The molecule has 4 nitrogen and oxygen atoms in total. The topological polar surface area (TPSA) is 58.2 Å². The average molecular weight is 509 g/mol. The van der Waals surface area contributed by atoms with E-state index in [1.54, 1.807) is 36.4 Å². The van der Waals surface area contributed by atoms with E-state index in [0.717, 1.165) is 12.8 Å². The van der Waals surface area contributed by atoms with E-state index in [1.165, 1.54) is 89.9 Å². The van der Waals surface area contributed by atoms with E-state index < -0.39 is 5.54 Å². The molecule has 0 radical (unpaired) electrons. The molecule has 0 saturated heterocycles. The van der Waals surface area contributed by atoms with Gasteiger partial charge in [-0.2, -0.15) is 0 Å². The second-order valence-corrected chi connectivity index (χ2v) is 9.56. The maximum atomic E-state index is 12.0. The zero-order valence-corrected chi connectivity index (χ0v) is 20.9. The third kappa shape index (κ3) is 17.7. The van der Waals surface area contributed by atoms with Crippen molar-refractivity contribution >= 4 is 32.4 Å². The molecule has 28 heavy (non-hydrogen) atoms. The molecule has 0 aromatic rings. The van der Waals surface area contributed by atoms with Crippen LogP contribution in [0.5, 0.6) is 0 Å². The highest BCUT2D eigenvalue weighted by Gasteiger charge is 2.28. The van der Waals surface area contributed by atoms with Crippen molar-refractivity contribution < 1.29 is 9.59 Å². The van der Waals surface area contributed by atoms with E-state index in [9.17, 15) is 9.59 Å². The monoisotopic (exact) mass is 508 g/mol. The first-order chi connectivity index (χ1) is 13.4. The minimum Gasteiger partial charge on any atom is -0.354 e. The van der Waals surface area contributed by atoms with Crippen LogP contribution in [0.4, 0.5) is 4.79 Å². The number of halogens is 1. The Balaban J connectivity index is 3.30. The van der Waals surface area contributed by atoms with E-state index in [0.29, 0.717) is 6.54 Å². The van der Waals surface area contributed by atoms with Crippen LogP contribution in [0.1, 0.15) is 124 Å². The van der Waals surface area contributed by atoms with Gasteiger partial charge in [0.2, 0.25) is 5.91 Å². The number of hydrogen-bond donors (Lipinski definition) is 2. The molecule has 5 heteroatoms. The molecule has 0 aliphatic carbocycles. The molecule has 0 aromatic carbocycles. The summed E-state index contributed by atoms with van der Waals surface area (Å²) in [5.41, 5.74) is -0.840. The summed E-state index contributed by atoms with van der Waals surface area (Å²) >= 11 is 1.65. The maximum absolute atomic E-state index is 12.0. The SMILES string of the molecule is CCCCCCCCCCCCCCCCCCNC(=O)C(C)(C)NC(=O)I. The van der Waals surface area contributed by atoms with Crippen molar-refractivity contribution in [3.8, 4) is 0 Å². The molecule has 166 valence electrons. The van der Waals surface area contributed by atoms with Gasteiger partial charge in [-0.3, -0.25) is 9.59 Å². The van der Waals surface area contributed by atoms with Crippen LogP contribution >= 0.6 is 22.6 Å². The van der Waals surface area contributed by atoms with Crippen LogP contribution < -0.4 is 10.6 Å². The van der Waals surface area contributed by atoms with Gasteiger partial charge in [-0.05, 0) is 20.3 Å². The molecule has 0 bridgehead atoms. The summed E-state index contributed by atoms with van der Waals surface area (Å²) in [6.07, 6.45) is 21.6. The molecule has 0 aliphatic rings. The molecule has 0 saturated carbocycles. The van der Waals surface area contributed by atoms with Crippen LogP contribution in [0.2, 0.25) is 0 Å². The van der Waals surface area contributed by atoms with Gasteiger partial charge in [0.1, 0.15) is 5.54 Å². The van der Waals surface area contributed by atoms with Crippen molar-refractivity contribution in [2.24, 2.45) is 0 Å². The van der Waals surface area contributed by atoms with Crippen LogP contribution in [0, 0.1) is 0 Å². The standard InChI is InChI=1S/C23H45IN2O2/c1-4-5-6-7-8-9-10-11-12-13-14-15-16-17-18-19-20-25-21(27)23(2,3)26-22(24)28/h4-20H2,1-3H3,(H,25,27)(H,26,28). The largest absolute Gasteiger partial charge is 0.354 e. The number of unbranched alkanes of at least 4 members (excludes halogenated alkanes) is 15. The Morgan fingerprint density at radius 3 is 1.39 bits per heavy atom. The fraction of sp³-hybridized carbons (Fsp3) is 0.913. The van der Waals surface area contributed by atoms with Crippen LogP contribution in [0.25, 0.3) is 0 Å². The molecule has 2 N–H and O–H groups in total. The van der Waals surface area contributed by atoms with Crippen molar-refractivity contribution in [2.75, 3.05) is 6.54 Å². The molecular weight excluding hydrogens is 463 g/mol. The van der Waals surface area contributed by atoms with Gasteiger partial charge in [-0.25, -0.2) is 0 Å². The molecule has 0 rings (SSSR count). The third-order valence-electron chi connectivity index (χ3n) is 5.29. The highest BCUT2D eigenvalue weighted by atomic mass is 127. The molecule has 0 atom stereocenters. The molecule has 0 unspecified atom stereocenters. The van der Waals surface area contributed by atoms with E-state index in [4.69, 9.17) is 0 Å². The van der Waals surface area contributed by atoms with E-state index in [-0.39, 0.29) is 9.82 Å². The predicted molar refractivity (Wildman–Crippen MR) is 129 cm³/mol. The second kappa shape index (κ2) is 18.7. The quantitative estimate of drug-likeness (QED) is 0.0833. The van der Waals surface area contributed by atoms with E-state index in [1.807, 2.05) is 0 Å². The second-order valence-electron chi connectivity index (χ2n) is 8.58. The van der Waals surface area contributed by atoms with Crippen molar-refractivity contribution in [2.45, 2.75) is 129 Å². The number of hydrogen-bond acceptors (Lipinski definition) is 2. The summed E-state index contributed by atoms with van der Waals surface area (Å²) in [7, 11) is 0. The molecule has 0 aromatic heterocycles. The van der Waals surface area contributed by atoms with Gasteiger partial charge < -0.3 is 10.6 Å².